The normalized spacial score (nSPS) is 23.4. The number of hydrogen-bond acceptors (Lipinski definition) is 4. The Morgan fingerprint density at radius 2 is 2.22 bits per heavy atom. The summed E-state index contributed by atoms with van der Waals surface area (Å²) in [5, 5.41) is 3.41. The monoisotopic (exact) mass is 320 g/mol. The van der Waals surface area contributed by atoms with E-state index in [1.165, 1.54) is 13.0 Å². The van der Waals surface area contributed by atoms with Crippen molar-refractivity contribution in [3.05, 3.63) is 24.2 Å². The summed E-state index contributed by atoms with van der Waals surface area (Å²) in [5.41, 5.74) is 1.11. The van der Waals surface area contributed by atoms with Crippen LogP contribution in [0, 0.1) is 5.92 Å². The number of furan rings is 1. The number of nitrogens with one attached hydrogen (secondary N) is 1. The van der Waals surface area contributed by atoms with Gasteiger partial charge < -0.3 is 19.4 Å². The van der Waals surface area contributed by atoms with Gasteiger partial charge in [-0.3, -0.25) is 4.90 Å². The van der Waals surface area contributed by atoms with Gasteiger partial charge in [0, 0.05) is 51.4 Å². The van der Waals surface area contributed by atoms with Gasteiger partial charge in [-0.1, -0.05) is 0 Å². The highest BCUT2D eigenvalue weighted by Crippen LogP contribution is 2.15. The smallest absolute Gasteiger partial charge is 0.194 e. The van der Waals surface area contributed by atoms with E-state index in [0.717, 1.165) is 63.4 Å². The fraction of sp³-hybridized carbons (Fsp3) is 0.706. The fourth-order valence-electron chi connectivity index (χ4n) is 3.21. The van der Waals surface area contributed by atoms with Crippen LogP contribution in [0.2, 0.25) is 0 Å². The van der Waals surface area contributed by atoms with Gasteiger partial charge in [0.1, 0.15) is 0 Å². The summed E-state index contributed by atoms with van der Waals surface area (Å²) in [5.74, 6) is 1.74. The molecule has 6 heteroatoms. The highest BCUT2D eigenvalue weighted by molar-refractivity contribution is 5.80. The summed E-state index contributed by atoms with van der Waals surface area (Å²) in [6, 6.07) is 1.97. The molecule has 0 aliphatic carbocycles. The first-order valence-corrected chi connectivity index (χ1v) is 8.69. The summed E-state index contributed by atoms with van der Waals surface area (Å²) < 4.78 is 10.6. The molecular weight excluding hydrogens is 292 g/mol. The van der Waals surface area contributed by atoms with Gasteiger partial charge in [-0.2, -0.15) is 0 Å². The summed E-state index contributed by atoms with van der Waals surface area (Å²) in [6.07, 6.45) is 4.67. The molecular formula is C17H28N4O2. The lowest BCUT2D eigenvalue weighted by Crippen LogP contribution is -2.53. The molecule has 1 atom stereocenters. The van der Waals surface area contributed by atoms with E-state index in [0.29, 0.717) is 6.54 Å². The third-order valence-electron chi connectivity index (χ3n) is 4.54. The number of aliphatic imine (C=N–C) groups is 1. The number of guanidine groups is 1. The molecule has 23 heavy (non-hydrogen) atoms. The van der Waals surface area contributed by atoms with Gasteiger partial charge in [-0.05, 0) is 25.3 Å². The zero-order valence-electron chi connectivity index (χ0n) is 14.0. The second-order valence-corrected chi connectivity index (χ2v) is 6.32. The predicted molar refractivity (Wildman–Crippen MR) is 90.5 cm³/mol. The number of ether oxygens (including phenoxy) is 1. The van der Waals surface area contributed by atoms with Crippen molar-refractivity contribution in [2.24, 2.45) is 10.9 Å². The van der Waals surface area contributed by atoms with Crippen molar-refractivity contribution in [1.82, 2.24) is 15.1 Å². The molecule has 128 valence electrons. The second kappa shape index (κ2) is 8.36. The Morgan fingerprint density at radius 3 is 2.87 bits per heavy atom. The van der Waals surface area contributed by atoms with Crippen LogP contribution >= 0.6 is 0 Å². The first kappa shape index (κ1) is 16.3. The summed E-state index contributed by atoms with van der Waals surface area (Å²) in [6.45, 7) is 11.0. The second-order valence-electron chi connectivity index (χ2n) is 6.32. The van der Waals surface area contributed by atoms with Crippen LogP contribution in [0.3, 0.4) is 0 Å². The average molecular weight is 320 g/mol. The van der Waals surface area contributed by atoms with Crippen LogP contribution in [-0.4, -0.2) is 68.2 Å². The van der Waals surface area contributed by atoms with Crippen LogP contribution in [0.1, 0.15) is 18.9 Å². The Hall–Kier alpha value is -1.53. The maximum atomic E-state index is 5.48. The standard InChI is InChI=1S/C17H28N4O2/c1-2-18-17(19-11-15-3-9-22-13-15)21-7-5-20(6-8-21)12-16-4-10-23-14-16/h3,9,13,16H,2,4-8,10-12,14H2,1H3,(H,18,19). The van der Waals surface area contributed by atoms with Gasteiger partial charge in [0.15, 0.2) is 5.96 Å². The molecule has 2 fully saturated rings. The van der Waals surface area contributed by atoms with Gasteiger partial charge >= 0.3 is 0 Å². The third-order valence-corrected chi connectivity index (χ3v) is 4.54. The number of hydrogen-bond donors (Lipinski definition) is 1. The molecule has 1 aromatic rings. The van der Waals surface area contributed by atoms with Gasteiger partial charge in [0.05, 0.1) is 25.7 Å². The Kier molecular flexibility index (Phi) is 5.93. The summed E-state index contributed by atoms with van der Waals surface area (Å²) in [7, 11) is 0. The van der Waals surface area contributed by atoms with Gasteiger partial charge in [-0.15, -0.1) is 0 Å². The lowest BCUT2D eigenvalue weighted by molar-refractivity contribution is 0.139. The number of piperazine rings is 1. The number of nitrogens with zero attached hydrogens (tertiary/aromatic N) is 3. The molecule has 1 aromatic heterocycles. The van der Waals surface area contributed by atoms with Crippen LogP contribution < -0.4 is 5.32 Å². The van der Waals surface area contributed by atoms with Crippen molar-refractivity contribution in [3.8, 4) is 0 Å². The van der Waals surface area contributed by atoms with Gasteiger partial charge in [-0.25, -0.2) is 4.99 Å². The van der Waals surface area contributed by atoms with Crippen molar-refractivity contribution in [3.63, 3.8) is 0 Å². The Labute approximate surface area is 138 Å². The Bertz CT molecular complexity index is 475. The van der Waals surface area contributed by atoms with Crippen LogP contribution in [-0.2, 0) is 11.3 Å². The highest BCUT2D eigenvalue weighted by atomic mass is 16.5. The van der Waals surface area contributed by atoms with E-state index in [-0.39, 0.29) is 0 Å². The number of rotatable bonds is 5. The van der Waals surface area contributed by atoms with Crippen molar-refractivity contribution in [1.29, 1.82) is 0 Å². The molecule has 0 aromatic carbocycles. The zero-order valence-corrected chi connectivity index (χ0v) is 14.0. The molecule has 1 N–H and O–H groups in total. The van der Waals surface area contributed by atoms with Crippen LogP contribution in [0.25, 0.3) is 0 Å². The molecule has 6 nitrogen and oxygen atoms in total. The van der Waals surface area contributed by atoms with E-state index in [1.807, 2.05) is 6.07 Å². The van der Waals surface area contributed by atoms with Crippen LogP contribution in [0.15, 0.2) is 28.0 Å². The molecule has 0 spiro atoms. The van der Waals surface area contributed by atoms with Crippen molar-refractivity contribution in [2.75, 3.05) is 52.5 Å². The third kappa shape index (κ3) is 4.72. The largest absolute Gasteiger partial charge is 0.472 e. The lowest BCUT2D eigenvalue weighted by atomic mass is 10.1. The maximum absolute atomic E-state index is 5.48. The van der Waals surface area contributed by atoms with Gasteiger partial charge in [0.25, 0.3) is 0 Å². The fourth-order valence-corrected chi connectivity index (χ4v) is 3.21. The molecule has 0 bridgehead atoms. The summed E-state index contributed by atoms with van der Waals surface area (Å²) >= 11 is 0. The lowest BCUT2D eigenvalue weighted by Gasteiger charge is -2.37. The van der Waals surface area contributed by atoms with Crippen molar-refractivity contribution >= 4 is 5.96 Å². The Morgan fingerprint density at radius 1 is 1.35 bits per heavy atom. The van der Waals surface area contributed by atoms with Crippen molar-refractivity contribution in [2.45, 2.75) is 19.9 Å². The van der Waals surface area contributed by atoms with Crippen LogP contribution in [0.4, 0.5) is 0 Å². The maximum Gasteiger partial charge on any atom is 0.194 e. The molecule has 2 saturated heterocycles. The molecule has 2 aliphatic heterocycles. The quantitative estimate of drug-likeness (QED) is 0.656. The molecule has 1 unspecified atom stereocenters. The van der Waals surface area contributed by atoms with Crippen molar-refractivity contribution < 1.29 is 9.15 Å². The molecule has 3 heterocycles. The molecule has 2 aliphatic rings. The first-order valence-electron chi connectivity index (χ1n) is 8.69. The van der Waals surface area contributed by atoms with E-state index >= 15 is 0 Å². The van der Waals surface area contributed by atoms with E-state index in [1.54, 1.807) is 12.5 Å². The highest BCUT2D eigenvalue weighted by Gasteiger charge is 2.23. The predicted octanol–water partition coefficient (Wildman–Crippen LogP) is 1.40. The van der Waals surface area contributed by atoms with Gasteiger partial charge in [0.2, 0.25) is 0 Å². The molecule has 0 saturated carbocycles. The average Bonchev–Trinajstić information content (AvgIpc) is 3.26. The van der Waals surface area contributed by atoms with Crippen LogP contribution in [0.5, 0.6) is 0 Å². The minimum absolute atomic E-state index is 0.665. The first-order chi connectivity index (χ1) is 11.3. The minimum atomic E-state index is 0.665. The zero-order chi connectivity index (χ0) is 15.9. The topological polar surface area (TPSA) is 53.2 Å². The molecule has 3 rings (SSSR count). The molecule has 0 amide bonds. The van der Waals surface area contributed by atoms with E-state index < -0.39 is 0 Å². The summed E-state index contributed by atoms with van der Waals surface area (Å²) in [4.78, 5) is 9.67. The van der Waals surface area contributed by atoms with E-state index in [2.05, 4.69) is 22.0 Å². The minimum Gasteiger partial charge on any atom is -0.472 e. The SMILES string of the molecule is CCNC(=NCc1ccoc1)N1CCN(CC2CCOC2)CC1. The Balaban J connectivity index is 1.49. The molecule has 0 radical (unpaired) electrons. The van der Waals surface area contributed by atoms with E-state index in [4.69, 9.17) is 14.1 Å². The van der Waals surface area contributed by atoms with E-state index in [9.17, 15) is 0 Å².